The number of hydrogen-bond donors (Lipinski definition) is 1. The highest BCUT2D eigenvalue weighted by Crippen LogP contribution is 2.36. The van der Waals surface area contributed by atoms with Crippen molar-refractivity contribution in [2.24, 2.45) is 0 Å². The Bertz CT molecular complexity index is 1160. The average molecular weight is 416 g/mol. The van der Waals surface area contributed by atoms with E-state index in [1.807, 2.05) is 30.3 Å². The van der Waals surface area contributed by atoms with E-state index in [1.54, 1.807) is 42.5 Å². The summed E-state index contributed by atoms with van der Waals surface area (Å²) in [5.41, 5.74) is 1.56. The number of carbonyl (C=O) groups excluding carboxylic acids is 1. The van der Waals surface area contributed by atoms with E-state index in [1.165, 1.54) is 7.11 Å². The second kappa shape index (κ2) is 8.75. The Labute approximate surface area is 179 Å². The van der Waals surface area contributed by atoms with Crippen molar-refractivity contribution in [2.75, 3.05) is 13.9 Å². The van der Waals surface area contributed by atoms with Crippen molar-refractivity contribution in [1.82, 2.24) is 0 Å². The highest BCUT2D eigenvalue weighted by atomic mass is 16.7. The molecule has 0 unspecified atom stereocenters. The molecule has 31 heavy (non-hydrogen) atoms. The number of benzene rings is 3. The van der Waals surface area contributed by atoms with E-state index in [9.17, 15) is 14.7 Å². The number of carbonyl (C=O) groups is 2. The molecule has 0 amide bonds. The Kier molecular flexibility index (Phi) is 5.71. The molecule has 0 saturated heterocycles. The molecule has 0 atom stereocenters. The number of carboxylic acids is 1. The molecule has 6 heteroatoms. The summed E-state index contributed by atoms with van der Waals surface area (Å²) in [7, 11) is 1.47. The van der Waals surface area contributed by atoms with Gasteiger partial charge in [0.05, 0.1) is 18.2 Å². The quantitative estimate of drug-likeness (QED) is 0.454. The van der Waals surface area contributed by atoms with Crippen LogP contribution in [-0.4, -0.2) is 30.8 Å². The summed E-state index contributed by atoms with van der Waals surface area (Å²) < 4.78 is 16.1. The van der Waals surface area contributed by atoms with Crippen LogP contribution in [-0.2, 0) is 11.2 Å². The summed E-state index contributed by atoms with van der Waals surface area (Å²) in [6.45, 7) is 0.0714. The molecule has 0 spiro atoms. The van der Waals surface area contributed by atoms with Crippen LogP contribution >= 0.6 is 0 Å². The van der Waals surface area contributed by atoms with Crippen LogP contribution in [0.5, 0.6) is 17.2 Å². The fourth-order valence-electron chi connectivity index (χ4n) is 3.56. The number of hydrogen-bond acceptors (Lipinski definition) is 5. The topological polar surface area (TPSA) is 82.1 Å². The largest absolute Gasteiger partial charge is 0.496 e. The number of ketones is 1. The minimum absolute atomic E-state index is 0.0714. The Balaban J connectivity index is 1.91. The Morgan fingerprint density at radius 2 is 1.65 bits per heavy atom. The molecule has 156 valence electrons. The number of carboxylic acid groups (broad SMARTS) is 1. The predicted molar refractivity (Wildman–Crippen MR) is 115 cm³/mol. The fourth-order valence-corrected chi connectivity index (χ4v) is 3.56. The number of methoxy groups -OCH3 is 1. The van der Waals surface area contributed by atoms with Crippen LogP contribution in [0.15, 0.2) is 78.4 Å². The van der Waals surface area contributed by atoms with Gasteiger partial charge in [-0.25, -0.2) is 4.79 Å². The van der Waals surface area contributed by atoms with Crippen molar-refractivity contribution in [3.63, 3.8) is 0 Å². The van der Waals surface area contributed by atoms with Crippen molar-refractivity contribution in [3.05, 3.63) is 95.1 Å². The maximum atomic E-state index is 13.6. The summed E-state index contributed by atoms with van der Waals surface area (Å²) in [6, 6.07) is 20.9. The summed E-state index contributed by atoms with van der Waals surface area (Å²) in [6.07, 6.45) is 0.147. The number of para-hydroxylation sites is 1. The van der Waals surface area contributed by atoms with Crippen LogP contribution in [0.2, 0.25) is 0 Å². The first-order valence-corrected chi connectivity index (χ1v) is 9.66. The molecule has 0 aliphatic carbocycles. The zero-order chi connectivity index (χ0) is 21.8. The van der Waals surface area contributed by atoms with Gasteiger partial charge in [0.25, 0.3) is 0 Å². The van der Waals surface area contributed by atoms with Gasteiger partial charge >= 0.3 is 5.97 Å². The zero-order valence-electron chi connectivity index (χ0n) is 16.8. The van der Waals surface area contributed by atoms with Crippen LogP contribution < -0.4 is 14.2 Å². The molecule has 0 fully saturated rings. The number of ether oxygens (including phenoxy) is 3. The van der Waals surface area contributed by atoms with Gasteiger partial charge in [-0.2, -0.15) is 0 Å². The molecule has 0 bridgehead atoms. The lowest BCUT2D eigenvalue weighted by molar-refractivity contribution is -0.130. The number of rotatable bonds is 7. The van der Waals surface area contributed by atoms with Gasteiger partial charge in [-0.1, -0.05) is 48.5 Å². The highest BCUT2D eigenvalue weighted by Gasteiger charge is 2.27. The summed E-state index contributed by atoms with van der Waals surface area (Å²) in [5, 5.41) is 10.1. The van der Waals surface area contributed by atoms with Gasteiger partial charge in [0.2, 0.25) is 6.79 Å². The molecule has 3 aromatic rings. The molecule has 1 N–H and O–H groups in total. The maximum Gasteiger partial charge on any atom is 0.336 e. The van der Waals surface area contributed by atoms with Crippen molar-refractivity contribution in [3.8, 4) is 17.2 Å². The third-order valence-electron chi connectivity index (χ3n) is 5.03. The Hall–Kier alpha value is -4.06. The van der Waals surface area contributed by atoms with Crippen LogP contribution in [0.4, 0.5) is 0 Å². The van der Waals surface area contributed by atoms with E-state index < -0.39 is 11.8 Å². The first kappa shape index (κ1) is 20.2. The SMILES string of the molecule is COc1ccccc1C(=O)/C(Cc1ccccc1)=C(\C(=O)O)c1ccc2c(c1)OCO2. The number of aliphatic carboxylic acids is 1. The minimum atomic E-state index is -1.20. The van der Waals surface area contributed by atoms with Crippen LogP contribution in [0.25, 0.3) is 5.57 Å². The van der Waals surface area contributed by atoms with Crippen molar-refractivity contribution < 1.29 is 28.9 Å². The van der Waals surface area contributed by atoms with E-state index >= 15 is 0 Å². The molecule has 0 radical (unpaired) electrons. The summed E-state index contributed by atoms with van der Waals surface area (Å²) >= 11 is 0. The molecule has 0 saturated carbocycles. The van der Waals surface area contributed by atoms with Gasteiger partial charge in [-0.05, 0) is 35.4 Å². The number of Topliss-reactive ketones (excluding diaryl/α,β-unsaturated/α-hetero) is 1. The fraction of sp³-hybridized carbons (Fsp3) is 0.120. The van der Waals surface area contributed by atoms with E-state index in [0.717, 1.165) is 5.56 Å². The average Bonchev–Trinajstić information content (AvgIpc) is 3.26. The molecular formula is C25H20O6. The van der Waals surface area contributed by atoms with Crippen molar-refractivity contribution in [1.29, 1.82) is 0 Å². The standard InChI is InChI=1S/C25H20O6/c1-29-20-10-6-5-9-18(20)24(26)19(13-16-7-3-2-4-8-16)23(25(27)28)17-11-12-21-22(14-17)31-15-30-21/h2-12,14H,13,15H2,1H3,(H,27,28)/b23-19-. The van der Waals surface area contributed by atoms with Gasteiger partial charge in [-0.3, -0.25) is 4.79 Å². The third-order valence-corrected chi connectivity index (χ3v) is 5.03. The first-order valence-electron chi connectivity index (χ1n) is 9.66. The molecule has 1 heterocycles. The van der Waals surface area contributed by atoms with E-state index in [0.29, 0.717) is 28.4 Å². The zero-order valence-corrected chi connectivity index (χ0v) is 16.8. The van der Waals surface area contributed by atoms with Crippen molar-refractivity contribution in [2.45, 2.75) is 6.42 Å². The molecule has 1 aliphatic heterocycles. The number of fused-ring (bicyclic) bond motifs is 1. The molecule has 0 aromatic heterocycles. The normalized spacial score (nSPS) is 12.8. The van der Waals surface area contributed by atoms with E-state index in [2.05, 4.69) is 0 Å². The van der Waals surface area contributed by atoms with Crippen LogP contribution in [0, 0.1) is 0 Å². The Morgan fingerprint density at radius 3 is 2.39 bits per heavy atom. The van der Waals surface area contributed by atoms with E-state index in [-0.39, 0.29) is 24.4 Å². The maximum absolute atomic E-state index is 13.6. The molecule has 1 aliphatic rings. The van der Waals surface area contributed by atoms with E-state index in [4.69, 9.17) is 14.2 Å². The van der Waals surface area contributed by atoms with Crippen LogP contribution in [0.1, 0.15) is 21.5 Å². The second-order valence-electron chi connectivity index (χ2n) is 6.92. The van der Waals surface area contributed by atoms with Crippen molar-refractivity contribution >= 4 is 17.3 Å². The highest BCUT2D eigenvalue weighted by molar-refractivity contribution is 6.26. The van der Waals surface area contributed by atoms with Gasteiger partial charge < -0.3 is 19.3 Å². The Morgan fingerprint density at radius 1 is 0.935 bits per heavy atom. The van der Waals surface area contributed by atoms with Gasteiger partial charge in [0.1, 0.15) is 5.75 Å². The molecular weight excluding hydrogens is 396 g/mol. The molecule has 4 rings (SSSR count). The first-order chi connectivity index (χ1) is 15.1. The third kappa shape index (κ3) is 4.14. The minimum Gasteiger partial charge on any atom is -0.496 e. The molecule has 3 aromatic carbocycles. The second-order valence-corrected chi connectivity index (χ2v) is 6.92. The lowest BCUT2D eigenvalue weighted by atomic mass is 9.89. The number of allylic oxidation sites excluding steroid dienone is 1. The summed E-state index contributed by atoms with van der Waals surface area (Å²) in [5.74, 6) is -0.243. The monoisotopic (exact) mass is 416 g/mol. The smallest absolute Gasteiger partial charge is 0.336 e. The van der Waals surface area contributed by atoms with Gasteiger partial charge in [-0.15, -0.1) is 0 Å². The molecule has 6 nitrogen and oxygen atoms in total. The lowest BCUT2D eigenvalue weighted by Crippen LogP contribution is -2.14. The predicted octanol–water partition coefficient (Wildman–Crippen LogP) is 4.39. The lowest BCUT2D eigenvalue weighted by Gasteiger charge is -2.15. The summed E-state index contributed by atoms with van der Waals surface area (Å²) in [4.78, 5) is 26.0. The van der Waals surface area contributed by atoms with Gasteiger partial charge in [0, 0.05) is 12.0 Å². The van der Waals surface area contributed by atoms with Gasteiger partial charge in [0.15, 0.2) is 17.3 Å². The van der Waals surface area contributed by atoms with Crippen LogP contribution in [0.3, 0.4) is 0 Å².